The maximum atomic E-state index is 12.2. The van der Waals surface area contributed by atoms with Crippen LogP contribution < -0.4 is 0 Å². The highest BCUT2D eigenvalue weighted by molar-refractivity contribution is 5.97. The molecule has 1 amide bonds. The van der Waals surface area contributed by atoms with Crippen molar-refractivity contribution in [2.24, 2.45) is 7.05 Å². The maximum Gasteiger partial charge on any atom is 0.326 e. The molecular weight excluding hydrogens is 238 g/mol. The topological polar surface area (TPSA) is 95.7 Å². The third-order valence-electron chi connectivity index (χ3n) is 3.29. The van der Waals surface area contributed by atoms with Crippen molar-refractivity contribution in [2.45, 2.75) is 25.5 Å². The number of carbonyl (C=O) groups excluding carboxylic acids is 1. The molecule has 7 heteroatoms. The van der Waals surface area contributed by atoms with Crippen LogP contribution in [0.2, 0.25) is 0 Å². The third kappa shape index (κ3) is 1.97. The lowest BCUT2D eigenvalue weighted by Crippen LogP contribution is -2.40. The van der Waals surface area contributed by atoms with Gasteiger partial charge in [0.15, 0.2) is 0 Å². The number of β-amino-alcohol motifs (C(OH)–C–C–N with tert-alkyl or cyclic N) is 1. The van der Waals surface area contributed by atoms with Crippen LogP contribution in [-0.4, -0.2) is 55.5 Å². The van der Waals surface area contributed by atoms with Crippen LogP contribution in [0.5, 0.6) is 0 Å². The number of aryl methyl sites for hydroxylation is 1. The number of nitrogens with zero attached hydrogens (tertiary/aromatic N) is 3. The van der Waals surface area contributed by atoms with Crippen molar-refractivity contribution in [3.63, 3.8) is 0 Å². The van der Waals surface area contributed by atoms with Crippen LogP contribution in [0.15, 0.2) is 6.20 Å². The van der Waals surface area contributed by atoms with Crippen molar-refractivity contribution in [1.29, 1.82) is 0 Å². The number of likely N-dealkylation sites (tertiary alicyclic amines) is 1. The molecule has 2 heterocycles. The van der Waals surface area contributed by atoms with Gasteiger partial charge in [0, 0.05) is 25.7 Å². The summed E-state index contributed by atoms with van der Waals surface area (Å²) in [6, 6.07) is -0.966. The van der Waals surface area contributed by atoms with Gasteiger partial charge in [0.2, 0.25) is 0 Å². The summed E-state index contributed by atoms with van der Waals surface area (Å²) < 4.78 is 1.55. The minimum atomic E-state index is -1.10. The second-order valence-corrected chi connectivity index (χ2v) is 4.47. The number of carboxylic acid groups (broad SMARTS) is 1. The van der Waals surface area contributed by atoms with Gasteiger partial charge < -0.3 is 15.1 Å². The Morgan fingerprint density at radius 2 is 2.17 bits per heavy atom. The molecule has 0 aromatic carbocycles. The van der Waals surface area contributed by atoms with Crippen molar-refractivity contribution in [3.05, 3.63) is 17.5 Å². The molecule has 0 saturated carbocycles. The molecule has 0 radical (unpaired) electrons. The van der Waals surface area contributed by atoms with Gasteiger partial charge in [-0.15, -0.1) is 0 Å². The van der Waals surface area contributed by atoms with Gasteiger partial charge in [-0.2, -0.15) is 5.10 Å². The van der Waals surface area contributed by atoms with Gasteiger partial charge >= 0.3 is 5.97 Å². The minimum Gasteiger partial charge on any atom is -0.480 e. The Labute approximate surface area is 104 Å². The summed E-state index contributed by atoms with van der Waals surface area (Å²) in [5.41, 5.74) is 1.04. The molecule has 1 aliphatic heterocycles. The number of hydrogen-bond donors (Lipinski definition) is 2. The van der Waals surface area contributed by atoms with Crippen LogP contribution in [0, 0.1) is 6.92 Å². The predicted octanol–water partition coefficient (Wildman–Crippen LogP) is -0.611. The standard InChI is InChI=1S/C11H15N3O4/c1-6-8(4-12-13(6)2)10(16)14-5-7(15)3-9(14)11(17)18/h4,7,9,15H,3,5H2,1-2H3,(H,17,18)/t7-,9-/m0/s1. The normalized spacial score (nSPS) is 23.4. The average molecular weight is 253 g/mol. The summed E-state index contributed by atoms with van der Waals surface area (Å²) in [7, 11) is 1.71. The van der Waals surface area contributed by atoms with Gasteiger partial charge in [-0.05, 0) is 6.92 Å². The molecule has 0 aliphatic carbocycles. The number of carbonyl (C=O) groups is 2. The highest BCUT2D eigenvalue weighted by Gasteiger charge is 2.39. The first-order valence-corrected chi connectivity index (χ1v) is 5.62. The van der Waals surface area contributed by atoms with E-state index in [9.17, 15) is 14.7 Å². The first-order valence-electron chi connectivity index (χ1n) is 5.62. The van der Waals surface area contributed by atoms with E-state index in [1.807, 2.05) is 0 Å². The summed E-state index contributed by atoms with van der Waals surface area (Å²) >= 11 is 0. The van der Waals surface area contributed by atoms with Gasteiger partial charge in [0.05, 0.1) is 17.9 Å². The van der Waals surface area contributed by atoms with E-state index in [0.29, 0.717) is 11.3 Å². The highest BCUT2D eigenvalue weighted by atomic mass is 16.4. The molecule has 0 unspecified atom stereocenters. The number of aliphatic hydroxyl groups is 1. The monoisotopic (exact) mass is 253 g/mol. The molecule has 2 N–H and O–H groups in total. The van der Waals surface area contributed by atoms with Crippen LogP contribution in [0.4, 0.5) is 0 Å². The lowest BCUT2D eigenvalue weighted by atomic mass is 10.2. The summed E-state index contributed by atoms with van der Waals surface area (Å²) in [6.07, 6.45) is 0.703. The molecule has 1 aromatic heterocycles. The number of carboxylic acids is 1. The van der Waals surface area contributed by atoms with Crippen LogP contribution in [0.3, 0.4) is 0 Å². The summed E-state index contributed by atoms with van der Waals surface area (Å²) in [6.45, 7) is 1.78. The van der Waals surface area contributed by atoms with E-state index < -0.39 is 24.0 Å². The van der Waals surface area contributed by atoms with E-state index >= 15 is 0 Å². The van der Waals surface area contributed by atoms with E-state index in [0.717, 1.165) is 0 Å². The zero-order valence-electron chi connectivity index (χ0n) is 10.2. The fourth-order valence-corrected chi connectivity index (χ4v) is 2.14. The van der Waals surface area contributed by atoms with Gasteiger partial charge in [-0.25, -0.2) is 4.79 Å². The first-order chi connectivity index (χ1) is 8.41. The molecule has 1 fully saturated rings. The molecule has 0 bridgehead atoms. The second kappa shape index (κ2) is 4.41. The lowest BCUT2D eigenvalue weighted by Gasteiger charge is -2.20. The number of hydrogen-bond acceptors (Lipinski definition) is 4. The number of aliphatic hydroxyl groups excluding tert-OH is 1. The molecule has 2 rings (SSSR count). The van der Waals surface area contributed by atoms with Gasteiger partial charge in [-0.1, -0.05) is 0 Å². The van der Waals surface area contributed by atoms with Crippen LogP contribution in [0.25, 0.3) is 0 Å². The molecule has 1 aromatic rings. The van der Waals surface area contributed by atoms with Gasteiger partial charge in [0.1, 0.15) is 6.04 Å². The molecule has 1 aliphatic rings. The van der Waals surface area contributed by atoms with E-state index in [-0.39, 0.29) is 13.0 Å². The smallest absolute Gasteiger partial charge is 0.326 e. The van der Waals surface area contributed by atoms with Crippen molar-refractivity contribution in [3.8, 4) is 0 Å². The predicted molar refractivity (Wildman–Crippen MR) is 61.0 cm³/mol. The quantitative estimate of drug-likeness (QED) is 0.733. The largest absolute Gasteiger partial charge is 0.480 e. The maximum absolute atomic E-state index is 12.2. The van der Waals surface area contributed by atoms with E-state index in [1.165, 1.54) is 11.1 Å². The minimum absolute atomic E-state index is 0.0458. The van der Waals surface area contributed by atoms with Crippen molar-refractivity contribution in [2.75, 3.05) is 6.54 Å². The van der Waals surface area contributed by atoms with Crippen LogP contribution in [-0.2, 0) is 11.8 Å². The second-order valence-electron chi connectivity index (χ2n) is 4.47. The number of aromatic nitrogens is 2. The molecule has 18 heavy (non-hydrogen) atoms. The van der Waals surface area contributed by atoms with Gasteiger partial charge in [-0.3, -0.25) is 9.48 Å². The van der Waals surface area contributed by atoms with Crippen molar-refractivity contribution >= 4 is 11.9 Å². The van der Waals surface area contributed by atoms with Crippen molar-refractivity contribution in [1.82, 2.24) is 14.7 Å². The van der Waals surface area contributed by atoms with Crippen molar-refractivity contribution < 1.29 is 19.8 Å². The third-order valence-corrected chi connectivity index (χ3v) is 3.29. The zero-order chi connectivity index (χ0) is 13.4. The Balaban J connectivity index is 2.28. The fraction of sp³-hybridized carbons (Fsp3) is 0.545. The summed E-state index contributed by atoms with van der Waals surface area (Å²) in [5.74, 6) is -1.49. The molecule has 7 nitrogen and oxygen atoms in total. The molecule has 2 atom stereocenters. The Morgan fingerprint density at radius 3 is 2.67 bits per heavy atom. The number of amides is 1. The Kier molecular flexibility index (Phi) is 3.08. The lowest BCUT2D eigenvalue weighted by molar-refractivity contribution is -0.141. The zero-order valence-corrected chi connectivity index (χ0v) is 10.2. The SMILES string of the molecule is Cc1c(C(=O)N2C[C@@H](O)C[C@H]2C(=O)O)cnn1C. The molecular formula is C11H15N3O4. The number of aliphatic carboxylic acids is 1. The van der Waals surface area contributed by atoms with Gasteiger partial charge in [0.25, 0.3) is 5.91 Å². The highest BCUT2D eigenvalue weighted by Crippen LogP contribution is 2.21. The molecule has 1 saturated heterocycles. The molecule has 0 spiro atoms. The van der Waals surface area contributed by atoms with E-state index in [4.69, 9.17) is 5.11 Å². The Bertz CT molecular complexity index is 496. The van der Waals surface area contributed by atoms with E-state index in [1.54, 1.807) is 18.7 Å². The van der Waals surface area contributed by atoms with E-state index in [2.05, 4.69) is 5.10 Å². The average Bonchev–Trinajstić information content (AvgIpc) is 2.84. The fourth-order valence-electron chi connectivity index (χ4n) is 2.14. The summed E-state index contributed by atoms with van der Waals surface area (Å²) in [5, 5.41) is 22.5. The Morgan fingerprint density at radius 1 is 1.50 bits per heavy atom. The van der Waals surface area contributed by atoms with Crippen LogP contribution >= 0.6 is 0 Å². The summed E-state index contributed by atoms with van der Waals surface area (Å²) in [4.78, 5) is 24.5. The first kappa shape index (κ1) is 12.6. The van der Waals surface area contributed by atoms with Crippen LogP contribution in [0.1, 0.15) is 22.5 Å². The Hall–Kier alpha value is -1.89. The molecule has 98 valence electrons. The number of rotatable bonds is 2.